The van der Waals surface area contributed by atoms with Gasteiger partial charge in [0.25, 0.3) is 0 Å². The molecule has 1 atom stereocenters. The summed E-state index contributed by atoms with van der Waals surface area (Å²) in [5.41, 5.74) is 2.76. The number of nitrogens with zero attached hydrogens (tertiary/aromatic N) is 1. The van der Waals surface area contributed by atoms with E-state index in [9.17, 15) is 4.79 Å². The van der Waals surface area contributed by atoms with Crippen LogP contribution in [0.4, 0.5) is 5.69 Å². The molecule has 1 aliphatic rings. The van der Waals surface area contributed by atoms with Crippen molar-refractivity contribution in [2.45, 2.75) is 18.9 Å². The van der Waals surface area contributed by atoms with Gasteiger partial charge in [-0.05, 0) is 42.7 Å². The van der Waals surface area contributed by atoms with E-state index in [0.717, 1.165) is 18.7 Å². The van der Waals surface area contributed by atoms with E-state index in [-0.39, 0.29) is 0 Å². The molecule has 2 aromatic carbocycles. The normalized spacial score (nSPS) is 18.2. The summed E-state index contributed by atoms with van der Waals surface area (Å²) in [6, 6.07) is 18.1. The van der Waals surface area contributed by atoms with Crippen molar-refractivity contribution in [3.8, 4) is 0 Å². The third kappa shape index (κ3) is 2.39. The minimum atomic E-state index is -0.877. The summed E-state index contributed by atoms with van der Waals surface area (Å²) in [5.74, 6) is -0.877. The van der Waals surface area contributed by atoms with Crippen LogP contribution in [0.3, 0.4) is 0 Å². The van der Waals surface area contributed by atoms with Crippen LogP contribution in [0.5, 0.6) is 0 Å². The molecule has 102 valence electrons. The Kier molecular flexibility index (Phi) is 3.42. The molecule has 1 N–H and O–H groups in total. The second-order valence-electron chi connectivity index (χ2n) is 5.11. The Bertz CT molecular complexity index is 592. The Morgan fingerprint density at radius 2 is 1.75 bits per heavy atom. The molecule has 0 aromatic heterocycles. The standard InChI is InChI=1S/C17H17NO2/c19-17(20)14-8-10-15(11-9-14)18-12-4-7-16(18)13-5-2-1-3-6-13/h1-3,5-6,8-11,16H,4,7,12H2,(H,19,20)/t16-/m0/s1. The van der Waals surface area contributed by atoms with Gasteiger partial charge in [0.2, 0.25) is 0 Å². The highest BCUT2D eigenvalue weighted by Crippen LogP contribution is 2.35. The summed E-state index contributed by atoms with van der Waals surface area (Å²) < 4.78 is 0. The number of hydrogen-bond donors (Lipinski definition) is 1. The molecule has 0 bridgehead atoms. The quantitative estimate of drug-likeness (QED) is 0.921. The van der Waals surface area contributed by atoms with Crippen LogP contribution in [0.1, 0.15) is 34.8 Å². The minimum absolute atomic E-state index is 0.337. The smallest absolute Gasteiger partial charge is 0.335 e. The molecule has 3 rings (SSSR count). The fraction of sp³-hybridized carbons (Fsp3) is 0.235. The molecule has 1 aliphatic heterocycles. The zero-order valence-electron chi connectivity index (χ0n) is 11.2. The highest BCUT2D eigenvalue weighted by Gasteiger charge is 2.25. The maximum atomic E-state index is 10.9. The lowest BCUT2D eigenvalue weighted by molar-refractivity contribution is 0.0697. The molecule has 1 heterocycles. The lowest BCUT2D eigenvalue weighted by Gasteiger charge is -2.27. The van der Waals surface area contributed by atoms with Gasteiger partial charge in [-0.2, -0.15) is 0 Å². The average molecular weight is 267 g/mol. The number of benzene rings is 2. The monoisotopic (exact) mass is 267 g/mol. The van der Waals surface area contributed by atoms with Gasteiger partial charge < -0.3 is 10.0 Å². The van der Waals surface area contributed by atoms with E-state index >= 15 is 0 Å². The van der Waals surface area contributed by atoms with E-state index in [1.165, 1.54) is 12.0 Å². The Balaban J connectivity index is 1.87. The summed E-state index contributed by atoms with van der Waals surface area (Å²) in [4.78, 5) is 13.3. The lowest BCUT2D eigenvalue weighted by Crippen LogP contribution is -2.22. The van der Waals surface area contributed by atoms with Gasteiger partial charge in [-0.3, -0.25) is 0 Å². The molecular weight excluding hydrogens is 250 g/mol. The molecule has 1 saturated heterocycles. The highest BCUT2D eigenvalue weighted by atomic mass is 16.4. The lowest BCUT2D eigenvalue weighted by atomic mass is 10.0. The van der Waals surface area contributed by atoms with Crippen molar-refractivity contribution in [2.24, 2.45) is 0 Å². The zero-order chi connectivity index (χ0) is 13.9. The minimum Gasteiger partial charge on any atom is -0.478 e. The Hall–Kier alpha value is -2.29. The summed E-state index contributed by atoms with van der Waals surface area (Å²) >= 11 is 0. The number of hydrogen-bond acceptors (Lipinski definition) is 2. The van der Waals surface area contributed by atoms with Crippen molar-refractivity contribution in [2.75, 3.05) is 11.4 Å². The summed E-state index contributed by atoms with van der Waals surface area (Å²) in [6.07, 6.45) is 2.31. The third-order valence-corrected chi connectivity index (χ3v) is 3.88. The molecule has 3 heteroatoms. The van der Waals surface area contributed by atoms with Gasteiger partial charge in [-0.1, -0.05) is 30.3 Å². The first-order valence-corrected chi connectivity index (χ1v) is 6.90. The number of aromatic carboxylic acids is 1. The summed E-state index contributed by atoms with van der Waals surface area (Å²) in [5, 5.41) is 8.96. The van der Waals surface area contributed by atoms with Crippen LogP contribution in [0.25, 0.3) is 0 Å². The maximum Gasteiger partial charge on any atom is 0.335 e. The van der Waals surface area contributed by atoms with Crippen LogP contribution in [-0.2, 0) is 0 Å². The Morgan fingerprint density at radius 3 is 2.40 bits per heavy atom. The second-order valence-corrected chi connectivity index (χ2v) is 5.11. The topological polar surface area (TPSA) is 40.5 Å². The van der Waals surface area contributed by atoms with Gasteiger partial charge >= 0.3 is 5.97 Å². The third-order valence-electron chi connectivity index (χ3n) is 3.88. The van der Waals surface area contributed by atoms with E-state index in [4.69, 9.17) is 5.11 Å². The number of anilines is 1. The van der Waals surface area contributed by atoms with Gasteiger partial charge in [0.1, 0.15) is 0 Å². The van der Waals surface area contributed by atoms with E-state index < -0.39 is 5.97 Å². The first-order chi connectivity index (χ1) is 9.75. The average Bonchev–Trinajstić information content (AvgIpc) is 2.97. The summed E-state index contributed by atoms with van der Waals surface area (Å²) in [6.45, 7) is 1.02. The molecule has 0 saturated carbocycles. The van der Waals surface area contributed by atoms with E-state index in [2.05, 4.69) is 29.2 Å². The summed E-state index contributed by atoms with van der Waals surface area (Å²) in [7, 11) is 0. The molecule has 20 heavy (non-hydrogen) atoms. The van der Waals surface area contributed by atoms with Crippen LogP contribution in [0.15, 0.2) is 54.6 Å². The largest absolute Gasteiger partial charge is 0.478 e. The molecule has 0 amide bonds. The van der Waals surface area contributed by atoms with Crippen LogP contribution >= 0.6 is 0 Å². The Morgan fingerprint density at radius 1 is 1.05 bits per heavy atom. The number of carboxylic acid groups (broad SMARTS) is 1. The molecule has 2 aromatic rings. The predicted octanol–water partition coefficient (Wildman–Crippen LogP) is 3.73. The van der Waals surface area contributed by atoms with Crippen molar-refractivity contribution in [3.63, 3.8) is 0 Å². The first-order valence-electron chi connectivity index (χ1n) is 6.90. The highest BCUT2D eigenvalue weighted by molar-refractivity contribution is 5.88. The molecule has 0 aliphatic carbocycles. The molecule has 0 spiro atoms. The zero-order valence-corrected chi connectivity index (χ0v) is 11.2. The van der Waals surface area contributed by atoms with Crippen molar-refractivity contribution in [1.82, 2.24) is 0 Å². The van der Waals surface area contributed by atoms with E-state index in [1.807, 2.05) is 18.2 Å². The van der Waals surface area contributed by atoms with Crippen LogP contribution in [0, 0.1) is 0 Å². The molecule has 0 unspecified atom stereocenters. The molecule has 0 radical (unpaired) electrons. The van der Waals surface area contributed by atoms with Crippen LogP contribution in [-0.4, -0.2) is 17.6 Å². The van der Waals surface area contributed by atoms with Gasteiger partial charge in [-0.25, -0.2) is 4.79 Å². The fourth-order valence-electron chi connectivity index (χ4n) is 2.89. The Labute approximate surface area is 118 Å². The van der Waals surface area contributed by atoms with Crippen molar-refractivity contribution in [3.05, 3.63) is 65.7 Å². The number of carboxylic acids is 1. The van der Waals surface area contributed by atoms with Crippen molar-refractivity contribution < 1.29 is 9.90 Å². The number of carbonyl (C=O) groups is 1. The maximum absolute atomic E-state index is 10.9. The van der Waals surface area contributed by atoms with Crippen LogP contribution in [0.2, 0.25) is 0 Å². The SMILES string of the molecule is O=C(O)c1ccc(N2CCC[C@H]2c2ccccc2)cc1. The molecule has 1 fully saturated rings. The van der Waals surface area contributed by atoms with Crippen molar-refractivity contribution in [1.29, 1.82) is 0 Å². The van der Waals surface area contributed by atoms with Gasteiger partial charge in [0.15, 0.2) is 0 Å². The second kappa shape index (κ2) is 5.37. The predicted molar refractivity (Wildman–Crippen MR) is 79.2 cm³/mol. The fourth-order valence-corrected chi connectivity index (χ4v) is 2.89. The van der Waals surface area contributed by atoms with E-state index in [1.54, 1.807) is 12.1 Å². The van der Waals surface area contributed by atoms with Crippen LogP contribution < -0.4 is 4.90 Å². The molecular formula is C17H17NO2. The van der Waals surface area contributed by atoms with Crippen molar-refractivity contribution >= 4 is 11.7 Å². The molecule has 3 nitrogen and oxygen atoms in total. The van der Waals surface area contributed by atoms with E-state index in [0.29, 0.717) is 11.6 Å². The first kappa shape index (κ1) is 12.7. The van der Waals surface area contributed by atoms with Gasteiger partial charge in [0.05, 0.1) is 11.6 Å². The van der Waals surface area contributed by atoms with Gasteiger partial charge in [-0.15, -0.1) is 0 Å². The number of rotatable bonds is 3. The van der Waals surface area contributed by atoms with Gasteiger partial charge in [0, 0.05) is 12.2 Å².